The van der Waals surface area contributed by atoms with E-state index in [1.54, 1.807) is 6.08 Å². The van der Waals surface area contributed by atoms with Crippen molar-refractivity contribution in [2.24, 2.45) is 0 Å². The van der Waals surface area contributed by atoms with Gasteiger partial charge in [-0.25, -0.2) is 9.59 Å². The molecule has 1 unspecified atom stereocenters. The average molecular weight is 569 g/mol. The number of phenolic OH excluding ortho intramolecular Hbond substituents is 7. The van der Waals surface area contributed by atoms with Crippen molar-refractivity contribution in [1.29, 1.82) is 0 Å². The highest BCUT2D eigenvalue weighted by molar-refractivity contribution is 5.90. The van der Waals surface area contributed by atoms with Crippen LogP contribution in [0, 0.1) is 0 Å². The topological polar surface area (TPSA) is 225 Å². The zero-order chi connectivity index (χ0) is 30.3. The lowest BCUT2D eigenvalue weighted by atomic mass is 9.99. The number of aliphatic hydroxyl groups is 1. The van der Waals surface area contributed by atoms with Gasteiger partial charge >= 0.3 is 11.9 Å². The minimum atomic E-state index is -1.72. The molecular formula is C29H28O12. The fourth-order valence-electron chi connectivity index (χ4n) is 3.86. The van der Waals surface area contributed by atoms with Crippen molar-refractivity contribution in [3.05, 3.63) is 70.3 Å². The monoisotopic (exact) mass is 568 g/mol. The molecule has 1 atom stereocenters. The lowest BCUT2D eigenvalue weighted by Crippen LogP contribution is -2.28. The van der Waals surface area contributed by atoms with Crippen LogP contribution < -0.4 is 0 Å². The van der Waals surface area contributed by atoms with Crippen LogP contribution in [0.2, 0.25) is 0 Å². The first-order valence-electron chi connectivity index (χ1n) is 12.1. The van der Waals surface area contributed by atoms with Crippen LogP contribution >= 0.6 is 0 Å². The first kappa shape index (κ1) is 30.2. The maximum absolute atomic E-state index is 12.5. The van der Waals surface area contributed by atoms with E-state index >= 15 is 0 Å². The third kappa shape index (κ3) is 7.83. The number of carboxylic acids is 1. The number of hydrogen-bond acceptors (Lipinski definition) is 11. The highest BCUT2D eigenvalue weighted by Crippen LogP contribution is 2.36. The van der Waals surface area contributed by atoms with E-state index in [-0.39, 0.29) is 29.2 Å². The molecule has 0 radical (unpaired) electrons. The molecule has 0 bridgehead atoms. The molecule has 0 saturated heterocycles. The van der Waals surface area contributed by atoms with Crippen molar-refractivity contribution in [1.82, 2.24) is 0 Å². The minimum Gasteiger partial charge on any atom is -0.504 e. The van der Waals surface area contributed by atoms with Gasteiger partial charge in [-0.3, -0.25) is 0 Å². The van der Waals surface area contributed by atoms with E-state index in [9.17, 15) is 50.4 Å². The number of benzene rings is 3. The van der Waals surface area contributed by atoms with Gasteiger partial charge in [-0.1, -0.05) is 12.2 Å². The predicted molar refractivity (Wildman–Crippen MR) is 146 cm³/mol. The van der Waals surface area contributed by atoms with Gasteiger partial charge in [-0.15, -0.1) is 0 Å². The molecule has 3 aromatic rings. The molecule has 0 aliphatic carbocycles. The molecule has 12 heteroatoms. The largest absolute Gasteiger partial charge is 0.504 e. The minimum absolute atomic E-state index is 0.0662. The molecule has 0 aliphatic heterocycles. The predicted octanol–water partition coefficient (Wildman–Crippen LogP) is 2.97. The van der Waals surface area contributed by atoms with Crippen molar-refractivity contribution in [2.75, 3.05) is 6.61 Å². The summed E-state index contributed by atoms with van der Waals surface area (Å²) in [6, 6.07) is 7.04. The van der Waals surface area contributed by atoms with E-state index in [4.69, 9.17) is 9.84 Å². The number of aromatic hydroxyl groups is 7. The van der Waals surface area contributed by atoms with Crippen LogP contribution in [-0.4, -0.2) is 70.6 Å². The Bertz CT molecular complexity index is 1480. The summed E-state index contributed by atoms with van der Waals surface area (Å²) in [6.45, 7) is -0.0930. The Morgan fingerprint density at radius 3 is 1.78 bits per heavy atom. The number of carbonyl (C=O) groups is 2. The Morgan fingerprint density at radius 2 is 1.22 bits per heavy atom. The van der Waals surface area contributed by atoms with E-state index in [1.807, 2.05) is 0 Å². The lowest BCUT2D eigenvalue weighted by molar-refractivity contribution is -0.160. The second-order valence-corrected chi connectivity index (χ2v) is 8.95. The Hall–Kier alpha value is -5.36. The van der Waals surface area contributed by atoms with Crippen LogP contribution in [0.4, 0.5) is 0 Å². The Kier molecular flexibility index (Phi) is 9.67. The highest BCUT2D eigenvalue weighted by Gasteiger charge is 2.23. The number of carbonyl (C=O) groups excluding carboxylic acids is 1. The van der Waals surface area contributed by atoms with Gasteiger partial charge in [0.2, 0.25) is 6.10 Å². The van der Waals surface area contributed by atoms with Crippen LogP contribution in [0.5, 0.6) is 40.2 Å². The third-order valence-corrected chi connectivity index (χ3v) is 5.95. The molecule has 3 rings (SSSR count). The summed E-state index contributed by atoms with van der Waals surface area (Å²) in [5, 5.41) is 87.1. The van der Waals surface area contributed by atoms with Crippen LogP contribution in [0.15, 0.2) is 42.5 Å². The van der Waals surface area contributed by atoms with Crippen molar-refractivity contribution in [2.45, 2.75) is 25.4 Å². The van der Waals surface area contributed by atoms with Gasteiger partial charge < -0.3 is 50.7 Å². The number of rotatable bonds is 11. The number of aryl methyl sites for hydroxylation is 1. The summed E-state index contributed by atoms with van der Waals surface area (Å²) in [5.74, 6) is -6.44. The Labute approximate surface area is 233 Å². The Morgan fingerprint density at radius 1 is 0.707 bits per heavy atom. The summed E-state index contributed by atoms with van der Waals surface area (Å²) < 4.78 is 5.00. The molecule has 0 spiro atoms. The van der Waals surface area contributed by atoms with E-state index in [0.717, 1.165) is 24.3 Å². The fourth-order valence-corrected chi connectivity index (χ4v) is 3.86. The van der Waals surface area contributed by atoms with Gasteiger partial charge in [0.25, 0.3) is 0 Å². The van der Waals surface area contributed by atoms with Crippen molar-refractivity contribution in [3.63, 3.8) is 0 Å². The maximum Gasteiger partial charge on any atom is 0.345 e. The summed E-state index contributed by atoms with van der Waals surface area (Å²) in [6.07, 6.45) is 3.78. The molecule has 216 valence electrons. The molecule has 12 nitrogen and oxygen atoms in total. The quantitative estimate of drug-likeness (QED) is 0.0704. The third-order valence-electron chi connectivity index (χ3n) is 5.95. The van der Waals surface area contributed by atoms with Gasteiger partial charge in [-0.2, -0.15) is 0 Å². The zero-order valence-electron chi connectivity index (χ0n) is 21.4. The van der Waals surface area contributed by atoms with Crippen LogP contribution in [-0.2, 0) is 27.2 Å². The highest BCUT2D eigenvalue weighted by atomic mass is 16.6. The molecule has 9 N–H and O–H groups in total. The normalized spacial score (nSPS) is 12.1. The van der Waals surface area contributed by atoms with Crippen molar-refractivity contribution >= 4 is 30.2 Å². The summed E-state index contributed by atoms with van der Waals surface area (Å²) in [4.78, 5) is 24.1. The number of aliphatic carboxylic acids is 1. The zero-order valence-corrected chi connectivity index (χ0v) is 21.4. The Balaban J connectivity index is 1.85. The molecule has 41 heavy (non-hydrogen) atoms. The first-order chi connectivity index (χ1) is 19.4. The van der Waals surface area contributed by atoms with E-state index < -0.39 is 53.2 Å². The number of hydrogen-bond donors (Lipinski definition) is 9. The van der Waals surface area contributed by atoms with E-state index in [2.05, 4.69) is 0 Å². The second-order valence-electron chi connectivity index (χ2n) is 8.95. The standard InChI is InChI=1S/C29H28O12/c30-7-1-2-16-11-20(31)21(32)12-17(16)3-4-18-13-22(33)23(34)14-19(18)5-6-27(37)41-26(29(39)40)10-15-8-24(35)28(38)25(36)9-15/h3-6,8-9,11-14,26,30-36,38H,1-2,7,10H2,(H,39,40). The van der Waals surface area contributed by atoms with Gasteiger partial charge in [-0.05, 0) is 83.1 Å². The molecule has 0 fully saturated rings. The maximum atomic E-state index is 12.5. The van der Waals surface area contributed by atoms with Gasteiger partial charge in [0.15, 0.2) is 40.2 Å². The lowest BCUT2D eigenvalue weighted by Gasteiger charge is -2.13. The van der Waals surface area contributed by atoms with E-state index in [1.165, 1.54) is 30.4 Å². The van der Waals surface area contributed by atoms with E-state index in [0.29, 0.717) is 29.5 Å². The molecule has 0 heterocycles. The van der Waals surface area contributed by atoms with Gasteiger partial charge in [0.05, 0.1) is 0 Å². The average Bonchev–Trinajstić information content (AvgIpc) is 2.91. The number of esters is 1. The smallest absolute Gasteiger partial charge is 0.345 e. The fraction of sp³-hybridized carbons (Fsp3) is 0.172. The molecule has 0 amide bonds. The van der Waals surface area contributed by atoms with Gasteiger partial charge in [0.1, 0.15) is 0 Å². The number of ether oxygens (including phenoxy) is 1. The number of aliphatic hydroxyl groups excluding tert-OH is 1. The SMILES string of the molecule is O=C(C=Cc1cc(O)c(O)cc1C=Cc1cc(O)c(O)cc1CCCO)OC(Cc1cc(O)c(O)c(O)c1)C(=O)O. The van der Waals surface area contributed by atoms with Crippen molar-refractivity contribution in [3.8, 4) is 40.2 Å². The summed E-state index contributed by atoms with van der Waals surface area (Å²) in [7, 11) is 0. The number of carboxylic acid groups (broad SMARTS) is 1. The van der Waals surface area contributed by atoms with Crippen LogP contribution in [0.3, 0.4) is 0 Å². The second kappa shape index (κ2) is 13.1. The first-order valence-corrected chi connectivity index (χ1v) is 12.1. The molecule has 0 aromatic heterocycles. The summed E-state index contributed by atoms with van der Waals surface area (Å²) >= 11 is 0. The molecule has 3 aromatic carbocycles. The van der Waals surface area contributed by atoms with Crippen LogP contribution in [0.25, 0.3) is 18.2 Å². The number of phenols is 7. The molecule has 0 aliphatic rings. The molecular weight excluding hydrogens is 540 g/mol. The summed E-state index contributed by atoms with van der Waals surface area (Å²) in [5.41, 5.74) is 1.69. The molecule has 0 saturated carbocycles. The van der Waals surface area contributed by atoms with Gasteiger partial charge in [0, 0.05) is 19.1 Å². The van der Waals surface area contributed by atoms with Crippen LogP contribution in [0.1, 0.15) is 34.2 Å². The van der Waals surface area contributed by atoms with Crippen molar-refractivity contribution < 1.29 is 60.3 Å².